The number of aromatic nitrogens is 2. The number of nitrogens with zero attached hydrogens (tertiary/aromatic N) is 3. The summed E-state index contributed by atoms with van der Waals surface area (Å²) >= 11 is 0. The summed E-state index contributed by atoms with van der Waals surface area (Å²) < 4.78 is 27.6. The Morgan fingerprint density at radius 1 is 0.968 bits per heavy atom. The Labute approximate surface area is 182 Å². The predicted molar refractivity (Wildman–Crippen MR) is 122 cm³/mol. The minimum Gasteiger partial charge on any atom is -0.309 e. The van der Waals surface area contributed by atoms with Gasteiger partial charge in [-0.3, -0.25) is 9.69 Å². The SMILES string of the molecule is CC(C)(C)c1ccc(S(=O)(=O)N2CCN(Cc3nc4ccccc4c(=O)[nH]3)CC2)cc1. The van der Waals surface area contributed by atoms with Crippen LogP contribution >= 0.6 is 0 Å². The van der Waals surface area contributed by atoms with E-state index in [4.69, 9.17) is 0 Å². The number of sulfonamides is 1. The van der Waals surface area contributed by atoms with Crippen LogP contribution in [0.2, 0.25) is 0 Å². The first-order valence-corrected chi connectivity index (χ1v) is 11.9. The second kappa shape index (κ2) is 8.18. The van der Waals surface area contributed by atoms with Gasteiger partial charge < -0.3 is 4.98 Å². The van der Waals surface area contributed by atoms with Crippen molar-refractivity contribution in [1.29, 1.82) is 0 Å². The summed E-state index contributed by atoms with van der Waals surface area (Å²) in [5, 5.41) is 0.569. The van der Waals surface area contributed by atoms with E-state index in [0.717, 1.165) is 5.56 Å². The molecule has 1 fully saturated rings. The van der Waals surface area contributed by atoms with Crippen molar-refractivity contribution < 1.29 is 8.42 Å². The Morgan fingerprint density at radius 2 is 1.61 bits per heavy atom. The highest BCUT2D eigenvalue weighted by Crippen LogP contribution is 2.25. The molecule has 0 unspecified atom stereocenters. The number of hydrogen-bond acceptors (Lipinski definition) is 5. The summed E-state index contributed by atoms with van der Waals surface area (Å²) in [5.74, 6) is 0.595. The van der Waals surface area contributed by atoms with Gasteiger partial charge in [0.1, 0.15) is 5.82 Å². The summed E-state index contributed by atoms with van der Waals surface area (Å²) in [4.78, 5) is 22.1. The second-order valence-electron chi connectivity index (χ2n) is 8.98. The van der Waals surface area contributed by atoms with E-state index in [0.29, 0.717) is 54.3 Å². The number of fused-ring (bicyclic) bond motifs is 1. The molecular weight excluding hydrogens is 412 g/mol. The maximum absolute atomic E-state index is 13.1. The van der Waals surface area contributed by atoms with Crippen LogP contribution in [0.5, 0.6) is 0 Å². The maximum atomic E-state index is 13.1. The van der Waals surface area contributed by atoms with Crippen LogP contribution in [0.15, 0.2) is 58.2 Å². The normalized spacial score (nSPS) is 16.6. The predicted octanol–water partition coefficient (Wildman–Crippen LogP) is 2.73. The fourth-order valence-electron chi connectivity index (χ4n) is 3.83. The highest BCUT2D eigenvalue weighted by atomic mass is 32.2. The molecule has 31 heavy (non-hydrogen) atoms. The largest absolute Gasteiger partial charge is 0.309 e. The molecule has 0 atom stereocenters. The minimum atomic E-state index is -3.52. The van der Waals surface area contributed by atoms with Gasteiger partial charge in [0.25, 0.3) is 5.56 Å². The highest BCUT2D eigenvalue weighted by molar-refractivity contribution is 7.89. The van der Waals surface area contributed by atoms with Crippen molar-refractivity contribution in [3.63, 3.8) is 0 Å². The Hall–Kier alpha value is -2.55. The quantitative estimate of drug-likeness (QED) is 0.674. The van der Waals surface area contributed by atoms with Gasteiger partial charge in [-0.25, -0.2) is 13.4 Å². The monoisotopic (exact) mass is 440 g/mol. The van der Waals surface area contributed by atoms with E-state index in [1.54, 1.807) is 18.2 Å². The molecule has 8 heteroatoms. The van der Waals surface area contributed by atoms with E-state index in [1.807, 2.05) is 30.3 Å². The van der Waals surface area contributed by atoms with E-state index in [2.05, 4.69) is 35.6 Å². The minimum absolute atomic E-state index is 0.0221. The van der Waals surface area contributed by atoms with Gasteiger partial charge in [-0.1, -0.05) is 45.0 Å². The molecule has 1 aromatic heterocycles. The molecule has 2 aromatic carbocycles. The number of para-hydroxylation sites is 1. The zero-order valence-electron chi connectivity index (χ0n) is 18.1. The molecule has 0 radical (unpaired) electrons. The Morgan fingerprint density at radius 3 is 2.26 bits per heavy atom. The fraction of sp³-hybridized carbons (Fsp3) is 0.391. The fourth-order valence-corrected chi connectivity index (χ4v) is 5.25. The molecule has 4 rings (SSSR count). The summed E-state index contributed by atoms with van der Waals surface area (Å²) in [6, 6.07) is 14.4. The van der Waals surface area contributed by atoms with Crippen LogP contribution in [0.1, 0.15) is 32.2 Å². The zero-order chi connectivity index (χ0) is 22.2. The van der Waals surface area contributed by atoms with Crippen LogP contribution in [0, 0.1) is 0 Å². The van der Waals surface area contributed by atoms with Gasteiger partial charge in [-0.05, 0) is 35.2 Å². The standard InChI is InChI=1S/C23H28N4O3S/c1-23(2,3)17-8-10-18(11-9-17)31(29,30)27-14-12-26(13-15-27)16-21-24-20-7-5-4-6-19(20)22(28)25-21/h4-11H,12-16H2,1-3H3,(H,24,25,28). The van der Waals surface area contributed by atoms with E-state index in [-0.39, 0.29) is 11.0 Å². The molecule has 2 heterocycles. The van der Waals surface area contributed by atoms with Gasteiger partial charge in [0.2, 0.25) is 10.0 Å². The first-order chi connectivity index (χ1) is 14.6. The molecule has 0 aliphatic carbocycles. The maximum Gasteiger partial charge on any atom is 0.258 e. The molecule has 164 valence electrons. The van der Waals surface area contributed by atoms with Gasteiger partial charge in [0, 0.05) is 26.2 Å². The average Bonchev–Trinajstić information content (AvgIpc) is 2.74. The number of nitrogens with one attached hydrogen (secondary N) is 1. The average molecular weight is 441 g/mol. The van der Waals surface area contributed by atoms with Crippen molar-refractivity contribution in [2.45, 2.75) is 37.6 Å². The summed E-state index contributed by atoms with van der Waals surface area (Å²) in [7, 11) is -3.52. The van der Waals surface area contributed by atoms with Crippen molar-refractivity contribution in [2.24, 2.45) is 0 Å². The van der Waals surface area contributed by atoms with Crippen LogP contribution in [-0.4, -0.2) is 53.8 Å². The molecule has 1 aliphatic rings. The smallest absolute Gasteiger partial charge is 0.258 e. The van der Waals surface area contributed by atoms with Crippen LogP contribution in [0.3, 0.4) is 0 Å². The van der Waals surface area contributed by atoms with Crippen LogP contribution in [0.25, 0.3) is 10.9 Å². The van der Waals surface area contributed by atoms with E-state index in [9.17, 15) is 13.2 Å². The summed E-state index contributed by atoms with van der Waals surface area (Å²) in [5.41, 5.74) is 1.60. The van der Waals surface area contributed by atoms with Crippen LogP contribution in [-0.2, 0) is 22.0 Å². The molecule has 0 bridgehead atoms. The molecule has 0 spiro atoms. The van der Waals surface area contributed by atoms with Crippen molar-refractivity contribution in [3.8, 4) is 0 Å². The van der Waals surface area contributed by atoms with Gasteiger partial charge >= 0.3 is 0 Å². The molecule has 1 N–H and O–H groups in total. The molecule has 0 amide bonds. The third-order valence-electron chi connectivity index (χ3n) is 5.72. The lowest BCUT2D eigenvalue weighted by Gasteiger charge is -2.33. The lowest BCUT2D eigenvalue weighted by molar-refractivity contribution is 0.178. The van der Waals surface area contributed by atoms with E-state index < -0.39 is 10.0 Å². The number of hydrogen-bond donors (Lipinski definition) is 1. The van der Waals surface area contributed by atoms with Crippen LogP contribution < -0.4 is 5.56 Å². The van der Waals surface area contributed by atoms with E-state index in [1.165, 1.54) is 4.31 Å². The lowest BCUT2D eigenvalue weighted by atomic mass is 9.87. The number of piperazine rings is 1. The molecule has 1 aliphatic heterocycles. The highest BCUT2D eigenvalue weighted by Gasteiger charge is 2.29. The third kappa shape index (κ3) is 4.56. The summed E-state index contributed by atoms with van der Waals surface area (Å²) in [6.45, 7) is 8.76. The topological polar surface area (TPSA) is 86.4 Å². The third-order valence-corrected chi connectivity index (χ3v) is 7.64. The molecular formula is C23H28N4O3S. The van der Waals surface area contributed by atoms with Gasteiger partial charge in [0.15, 0.2) is 0 Å². The van der Waals surface area contributed by atoms with Crippen molar-refractivity contribution in [1.82, 2.24) is 19.2 Å². The first kappa shape index (κ1) is 21.7. The summed E-state index contributed by atoms with van der Waals surface area (Å²) in [6.07, 6.45) is 0. The number of rotatable bonds is 4. The van der Waals surface area contributed by atoms with Gasteiger partial charge in [-0.2, -0.15) is 4.31 Å². The zero-order valence-corrected chi connectivity index (χ0v) is 18.9. The van der Waals surface area contributed by atoms with Crippen molar-refractivity contribution in [2.75, 3.05) is 26.2 Å². The Bertz CT molecular complexity index is 1240. The molecule has 3 aromatic rings. The number of H-pyrrole nitrogens is 1. The molecule has 0 saturated carbocycles. The molecule has 1 saturated heterocycles. The van der Waals surface area contributed by atoms with Gasteiger partial charge in [-0.15, -0.1) is 0 Å². The molecule has 7 nitrogen and oxygen atoms in total. The van der Waals surface area contributed by atoms with Crippen LogP contribution in [0.4, 0.5) is 0 Å². The number of benzene rings is 2. The van der Waals surface area contributed by atoms with Gasteiger partial charge in [0.05, 0.1) is 22.3 Å². The Kier molecular flexibility index (Phi) is 5.72. The second-order valence-corrected chi connectivity index (χ2v) is 10.9. The van der Waals surface area contributed by atoms with Crippen molar-refractivity contribution in [3.05, 3.63) is 70.3 Å². The van der Waals surface area contributed by atoms with E-state index >= 15 is 0 Å². The first-order valence-electron chi connectivity index (χ1n) is 10.5. The lowest BCUT2D eigenvalue weighted by Crippen LogP contribution is -2.48. The Balaban J connectivity index is 1.43. The van der Waals surface area contributed by atoms with Crippen molar-refractivity contribution >= 4 is 20.9 Å². The number of aromatic amines is 1.